The van der Waals surface area contributed by atoms with Gasteiger partial charge in [0.05, 0.1) is 18.3 Å². The van der Waals surface area contributed by atoms with Crippen LogP contribution < -0.4 is 0 Å². The summed E-state index contributed by atoms with van der Waals surface area (Å²) < 4.78 is 11.5. The van der Waals surface area contributed by atoms with Gasteiger partial charge in [-0.3, -0.25) is 0 Å². The molecule has 0 unspecified atom stereocenters. The zero-order valence-corrected chi connectivity index (χ0v) is 15.0. The molecule has 1 aliphatic carbocycles. The van der Waals surface area contributed by atoms with Crippen molar-refractivity contribution in [3.05, 3.63) is 47.5 Å². The largest absolute Gasteiger partial charge is 0.459 e. The summed E-state index contributed by atoms with van der Waals surface area (Å²) in [5.74, 6) is -0.266. The van der Waals surface area contributed by atoms with Gasteiger partial charge >= 0.3 is 5.97 Å². The van der Waals surface area contributed by atoms with Crippen LogP contribution in [0.5, 0.6) is 0 Å². The zero-order valence-electron chi connectivity index (χ0n) is 15.0. The first-order valence-corrected chi connectivity index (χ1v) is 9.20. The maximum atomic E-state index is 12.0. The van der Waals surface area contributed by atoms with Crippen LogP contribution in [-0.2, 0) is 9.47 Å². The molecule has 0 heterocycles. The molecular weight excluding hydrogens is 300 g/mol. The van der Waals surface area contributed by atoms with E-state index in [0.717, 1.165) is 6.42 Å². The van der Waals surface area contributed by atoms with E-state index in [9.17, 15) is 4.79 Å². The first-order chi connectivity index (χ1) is 11.6. The number of benzene rings is 1. The number of rotatable bonds is 7. The standard InChI is InChI=1S/C21H30O3/c1-17(23-16-19-11-7-4-3-5-8-12-19)15-18(2)24-21(22)20-13-9-6-10-14-20/h6,9-11,13-14,17-18H,3-5,7-8,12,15-16H2,1-2H3/b19-11+/t17-,18+/m1/s1. The van der Waals surface area contributed by atoms with Crippen molar-refractivity contribution >= 4 is 5.97 Å². The average molecular weight is 330 g/mol. The average Bonchev–Trinajstić information content (AvgIpc) is 2.54. The molecule has 3 nitrogen and oxygen atoms in total. The number of carbonyl (C=O) groups is 1. The highest BCUT2D eigenvalue weighted by atomic mass is 16.5. The van der Waals surface area contributed by atoms with Crippen molar-refractivity contribution in [2.24, 2.45) is 0 Å². The van der Waals surface area contributed by atoms with Crippen LogP contribution in [0.3, 0.4) is 0 Å². The van der Waals surface area contributed by atoms with Crippen LogP contribution in [0.1, 0.15) is 69.2 Å². The van der Waals surface area contributed by atoms with Crippen LogP contribution in [0, 0.1) is 0 Å². The van der Waals surface area contributed by atoms with Crippen molar-refractivity contribution in [2.75, 3.05) is 6.61 Å². The zero-order chi connectivity index (χ0) is 17.2. The summed E-state index contributed by atoms with van der Waals surface area (Å²) >= 11 is 0. The molecule has 0 spiro atoms. The first-order valence-electron chi connectivity index (χ1n) is 9.20. The van der Waals surface area contributed by atoms with Crippen LogP contribution in [0.15, 0.2) is 42.0 Å². The fraction of sp³-hybridized carbons (Fsp3) is 0.571. The summed E-state index contributed by atoms with van der Waals surface area (Å²) in [4.78, 5) is 12.0. The summed E-state index contributed by atoms with van der Waals surface area (Å²) in [6.07, 6.45) is 10.6. The molecule has 0 fully saturated rings. The summed E-state index contributed by atoms with van der Waals surface area (Å²) in [6.45, 7) is 4.69. The first kappa shape index (κ1) is 18.7. The van der Waals surface area contributed by atoms with Crippen molar-refractivity contribution in [3.8, 4) is 0 Å². The highest BCUT2D eigenvalue weighted by Crippen LogP contribution is 2.18. The van der Waals surface area contributed by atoms with Crippen molar-refractivity contribution in [1.29, 1.82) is 0 Å². The Morgan fingerprint density at radius 1 is 1.04 bits per heavy atom. The smallest absolute Gasteiger partial charge is 0.338 e. The Morgan fingerprint density at radius 3 is 2.58 bits per heavy atom. The minimum Gasteiger partial charge on any atom is -0.459 e. The van der Waals surface area contributed by atoms with Crippen molar-refractivity contribution in [3.63, 3.8) is 0 Å². The van der Waals surface area contributed by atoms with E-state index in [0.29, 0.717) is 18.6 Å². The van der Waals surface area contributed by atoms with Crippen LogP contribution in [-0.4, -0.2) is 24.8 Å². The van der Waals surface area contributed by atoms with Gasteiger partial charge in [0.1, 0.15) is 6.10 Å². The molecule has 2 rings (SSSR count). The molecule has 3 heteroatoms. The van der Waals surface area contributed by atoms with E-state index in [2.05, 4.69) is 13.0 Å². The number of ether oxygens (including phenoxy) is 2. The second-order valence-corrected chi connectivity index (χ2v) is 6.75. The summed E-state index contributed by atoms with van der Waals surface area (Å²) in [5.41, 5.74) is 2.02. The molecule has 2 atom stereocenters. The second-order valence-electron chi connectivity index (χ2n) is 6.75. The molecule has 132 valence electrons. The van der Waals surface area contributed by atoms with Gasteiger partial charge in [-0.1, -0.05) is 37.1 Å². The van der Waals surface area contributed by atoms with Gasteiger partial charge in [-0.15, -0.1) is 0 Å². The van der Waals surface area contributed by atoms with E-state index in [1.54, 1.807) is 12.1 Å². The second kappa shape index (κ2) is 10.3. The highest BCUT2D eigenvalue weighted by Gasteiger charge is 2.15. The van der Waals surface area contributed by atoms with Gasteiger partial charge in [-0.25, -0.2) is 4.79 Å². The van der Waals surface area contributed by atoms with Gasteiger partial charge in [-0.2, -0.15) is 0 Å². The molecular formula is C21H30O3. The Morgan fingerprint density at radius 2 is 1.79 bits per heavy atom. The number of allylic oxidation sites excluding steroid dienone is 1. The lowest BCUT2D eigenvalue weighted by Crippen LogP contribution is -2.22. The maximum Gasteiger partial charge on any atom is 0.338 e. The summed E-state index contributed by atoms with van der Waals surface area (Å²) in [5, 5.41) is 0. The lowest BCUT2D eigenvalue weighted by atomic mass is 10.0. The Hall–Kier alpha value is -1.61. The van der Waals surface area contributed by atoms with Gasteiger partial charge in [0.15, 0.2) is 0 Å². The molecule has 0 amide bonds. The molecule has 0 saturated heterocycles. The third-order valence-corrected chi connectivity index (χ3v) is 4.42. The highest BCUT2D eigenvalue weighted by molar-refractivity contribution is 5.89. The van der Waals surface area contributed by atoms with E-state index in [1.807, 2.05) is 25.1 Å². The third kappa shape index (κ3) is 6.88. The summed E-state index contributed by atoms with van der Waals surface area (Å²) in [6, 6.07) is 9.12. The van der Waals surface area contributed by atoms with Crippen LogP contribution >= 0.6 is 0 Å². The van der Waals surface area contributed by atoms with Gasteiger partial charge in [0, 0.05) is 6.42 Å². The van der Waals surface area contributed by atoms with E-state index in [4.69, 9.17) is 9.47 Å². The molecule has 1 aromatic carbocycles. The number of carbonyl (C=O) groups excluding carboxylic acids is 1. The van der Waals surface area contributed by atoms with Gasteiger partial charge in [-0.05, 0) is 57.2 Å². The summed E-state index contributed by atoms with van der Waals surface area (Å²) in [7, 11) is 0. The Labute approximate surface area is 146 Å². The Bertz CT molecular complexity index is 521. The topological polar surface area (TPSA) is 35.5 Å². The molecule has 0 aromatic heterocycles. The Balaban J connectivity index is 1.71. The number of esters is 1. The van der Waals surface area contributed by atoms with Gasteiger partial charge < -0.3 is 9.47 Å². The lowest BCUT2D eigenvalue weighted by molar-refractivity contribution is 0.00798. The molecule has 0 radical (unpaired) electrons. The Kier molecular flexibility index (Phi) is 8.03. The van der Waals surface area contributed by atoms with Crippen molar-refractivity contribution < 1.29 is 14.3 Å². The normalized spacial score (nSPS) is 20.2. The molecule has 1 aromatic rings. The van der Waals surface area contributed by atoms with Gasteiger partial charge in [0.2, 0.25) is 0 Å². The van der Waals surface area contributed by atoms with E-state index < -0.39 is 0 Å². The number of hydrogen-bond donors (Lipinski definition) is 0. The number of hydrogen-bond acceptors (Lipinski definition) is 3. The molecule has 24 heavy (non-hydrogen) atoms. The monoisotopic (exact) mass is 330 g/mol. The van der Waals surface area contributed by atoms with E-state index in [1.165, 1.54) is 37.7 Å². The molecule has 0 saturated carbocycles. The molecule has 0 N–H and O–H groups in total. The van der Waals surface area contributed by atoms with Crippen LogP contribution in [0.25, 0.3) is 0 Å². The minimum absolute atomic E-state index is 0.0786. The van der Waals surface area contributed by atoms with Crippen LogP contribution in [0.2, 0.25) is 0 Å². The SMILES string of the molecule is C[C@H](C[C@H](C)OC(=O)c1ccccc1)OC/C1=C/CCCCCC1. The molecule has 1 aliphatic rings. The minimum atomic E-state index is -0.266. The lowest BCUT2D eigenvalue weighted by Gasteiger charge is -2.20. The predicted molar refractivity (Wildman–Crippen MR) is 97.1 cm³/mol. The van der Waals surface area contributed by atoms with Crippen molar-refractivity contribution in [1.82, 2.24) is 0 Å². The molecule has 0 bridgehead atoms. The fourth-order valence-electron chi connectivity index (χ4n) is 3.05. The van der Waals surface area contributed by atoms with E-state index >= 15 is 0 Å². The fourth-order valence-corrected chi connectivity index (χ4v) is 3.05. The van der Waals surface area contributed by atoms with Crippen molar-refractivity contribution in [2.45, 2.75) is 71.0 Å². The predicted octanol–water partition coefficient (Wildman–Crippen LogP) is 5.31. The third-order valence-electron chi connectivity index (χ3n) is 4.42. The maximum absolute atomic E-state index is 12.0. The van der Waals surface area contributed by atoms with Gasteiger partial charge in [0.25, 0.3) is 0 Å². The molecule has 0 aliphatic heterocycles. The van der Waals surface area contributed by atoms with E-state index in [-0.39, 0.29) is 18.2 Å². The van der Waals surface area contributed by atoms with Crippen LogP contribution in [0.4, 0.5) is 0 Å². The quantitative estimate of drug-likeness (QED) is 0.502.